The van der Waals surface area contributed by atoms with Gasteiger partial charge in [0.2, 0.25) is 0 Å². The number of nitrogens with zero attached hydrogens (tertiary/aromatic N) is 2. The third-order valence-electron chi connectivity index (χ3n) is 3.55. The summed E-state index contributed by atoms with van der Waals surface area (Å²) in [5.74, 6) is -0.0767. The maximum atomic E-state index is 11.5. The topological polar surface area (TPSA) is 100 Å². The molecule has 8 heteroatoms. The Balaban J connectivity index is 2.55. The maximum Gasteiger partial charge on any atom is 0.343 e. The largest absolute Gasteiger partial charge is 0.480 e. The van der Waals surface area contributed by atoms with Gasteiger partial charge in [-0.3, -0.25) is 9.36 Å². The highest BCUT2D eigenvalue weighted by atomic mass is 32.2. The SMILES string of the molecule is CCNC(CC)(CCCSc1n[nH]c(=O)n1CC)C(=O)O. The Kier molecular flexibility index (Phi) is 6.97. The number of aliphatic carboxylic acids is 1. The van der Waals surface area contributed by atoms with Crippen LogP contribution in [0.3, 0.4) is 0 Å². The molecule has 0 spiro atoms. The number of thioether (sulfide) groups is 1. The van der Waals surface area contributed by atoms with E-state index >= 15 is 0 Å². The van der Waals surface area contributed by atoms with Crippen LogP contribution >= 0.6 is 11.8 Å². The van der Waals surface area contributed by atoms with Gasteiger partial charge in [-0.2, -0.15) is 0 Å². The van der Waals surface area contributed by atoms with Crippen molar-refractivity contribution in [2.75, 3.05) is 12.3 Å². The first-order valence-corrected chi connectivity index (χ1v) is 8.25. The molecule has 1 atom stereocenters. The van der Waals surface area contributed by atoms with Crippen LogP contribution in [0.4, 0.5) is 0 Å². The molecule has 0 amide bonds. The average Bonchev–Trinajstić information content (AvgIpc) is 2.82. The number of carbonyl (C=O) groups is 1. The molecule has 1 unspecified atom stereocenters. The van der Waals surface area contributed by atoms with Crippen LogP contribution in [0.1, 0.15) is 40.0 Å². The number of carboxylic acids is 1. The fraction of sp³-hybridized carbons (Fsp3) is 0.769. The zero-order chi connectivity index (χ0) is 15.9. The van der Waals surface area contributed by atoms with Gasteiger partial charge in [-0.25, -0.2) is 9.89 Å². The summed E-state index contributed by atoms with van der Waals surface area (Å²) in [6.45, 7) is 6.88. The molecular formula is C13H24N4O3S. The Labute approximate surface area is 128 Å². The molecule has 21 heavy (non-hydrogen) atoms. The van der Waals surface area contributed by atoms with Crippen molar-refractivity contribution in [3.8, 4) is 0 Å². The second-order valence-corrected chi connectivity index (χ2v) is 5.84. The molecule has 1 heterocycles. The number of hydrogen-bond acceptors (Lipinski definition) is 5. The monoisotopic (exact) mass is 316 g/mol. The lowest BCUT2D eigenvalue weighted by molar-refractivity contribution is -0.145. The van der Waals surface area contributed by atoms with Gasteiger partial charge in [0.25, 0.3) is 0 Å². The summed E-state index contributed by atoms with van der Waals surface area (Å²) in [4.78, 5) is 22.9. The molecule has 0 saturated heterocycles. The Hall–Kier alpha value is -1.28. The third-order valence-corrected chi connectivity index (χ3v) is 4.61. The lowest BCUT2D eigenvalue weighted by Crippen LogP contribution is -2.51. The first kappa shape index (κ1) is 17.8. The van der Waals surface area contributed by atoms with Crippen LogP contribution < -0.4 is 11.0 Å². The second kappa shape index (κ2) is 8.23. The van der Waals surface area contributed by atoms with Crippen molar-refractivity contribution in [2.24, 2.45) is 0 Å². The molecule has 3 N–H and O–H groups in total. The van der Waals surface area contributed by atoms with Gasteiger partial charge in [0.05, 0.1) is 0 Å². The van der Waals surface area contributed by atoms with E-state index in [1.165, 1.54) is 11.8 Å². The molecule has 120 valence electrons. The summed E-state index contributed by atoms with van der Waals surface area (Å²) in [5, 5.41) is 19.6. The Morgan fingerprint density at radius 3 is 2.71 bits per heavy atom. The van der Waals surface area contributed by atoms with E-state index in [9.17, 15) is 14.7 Å². The molecule has 1 rings (SSSR count). The van der Waals surface area contributed by atoms with Gasteiger partial charge in [-0.1, -0.05) is 25.6 Å². The molecule has 0 radical (unpaired) electrons. The summed E-state index contributed by atoms with van der Waals surface area (Å²) in [6, 6.07) is 0. The minimum Gasteiger partial charge on any atom is -0.480 e. The molecule has 0 aliphatic rings. The highest BCUT2D eigenvalue weighted by Crippen LogP contribution is 2.22. The van der Waals surface area contributed by atoms with E-state index in [4.69, 9.17) is 0 Å². The van der Waals surface area contributed by atoms with E-state index in [1.54, 1.807) is 4.57 Å². The number of likely N-dealkylation sites (N-methyl/N-ethyl adjacent to an activating group) is 1. The van der Waals surface area contributed by atoms with Crippen molar-refractivity contribution in [1.82, 2.24) is 20.1 Å². The number of nitrogens with one attached hydrogen (secondary N) is 2. The summed E-state index contributed by atoms with van der Waals surface area (Å²) in [7, 11) is 0. The number of hydrogen-bond donors (Lipinski definition) is 3. The molecule has 0 aromatic carbocycles. The van der Waals surface area contributed by atoms with Crippen molar-refractivity contribution in [2.45, 2.75) is 57.3 Å². The Bertz CT molecular complexity index is 514. The third kappa shape index (κ3) is 4.34. The van der Waals surface area contributed by atoms with E-state index in [-0.39, 0.29) is 5.69 Å². The maximum absolute atomic E-state index is 11.5. The lowest BCUT2D eigenvalue weighted by Gasteiger charge is -2.29. The van der Waals surface area contributed by atoms with E-state index in [2.05, 4.69) is 15.5 Å². The van der Waals surface area contributed by atoms with Crippen LogP contribution in [0.2, 0.25) is 0 Å². The Morgan fingerprint density at radius 1 is 1.48 bits per heavy atom. The van der Waals surface area contributed by atoms with Crippen LogP contribution in [-0.4, -0.2) is 43.7 Å². The van der Waals surface area contributed by atoms with Crippen LogP contribution in [0.15, 0.2) is 9.95 Å². The van der Waals surface area contributed by atoms with Crippen LogP contribution in [0.25, 0.3) is 0 Å². The lowest BCUT2D eigenvalue weighted by atomic mass is 9.91. The molecule has 7 nitrogen and oxygen atoms in total. The first-order chi connectivity index (χ1) is 10.0. The number of aromatic nitrogens is 3. The van der Waals surface area contributed by atoms with Crippen molar-refractivity contribution in [3.05, 3.63) is 10.5 Å². The van der Waals surface area contributed by atoms with E-state index in [1.807, 2.05) is 20.8 Å². The number of rotatable bonds is 10. The summed E-state index contributed by atoms with van der Waals surface area (Å²) >= 11 is 1.47. The van der Waals surface area contributed by atoms with Crippen molar-refractivity contribution in [3.63, 3.8) is 0 Å². The smallest absolute Gasteiger partial charge is 0.343 e. The van der Waals surface area contributed by atoms with Crippen LogP contribution in [0, 0.1) is 0 Å². The second-order valence-electron chi connectivity index (χ2n) is 4.78. The first-order valence-electron chi connectivity index (χ1n) is 7.27. The van der Waals surface area contributed by atoms with Crippen molar-refractivity contribution >= 4 is 17.7 Å². The molecule has 0 fully saturated rings. The number of aromatic amines is 1. The van der Waals surface area contributed by atoms with Crippen molar-refractivity contribution in [1.29, 1.82) is 0 Å². The van der Waals surface area contributed by atoms with Gasteiger partial charge >= 0.3 is 11.7 Å². The van der Waals surface area contributed by atoms with Gasteiger partial charge in [-0.05, 0) is 32.7 Å². The minimum atomic E-state index is -0.856. The zero-order valence-corrected chi connectivity index (χ0v) is 13.6. The predicted octanol–water partition coefficient (Wildman–Crippen LogP) is 1.31. The minimum absolute atomic E-state index is 0.207. The standard InChI is InChI=1S/C13H24N4O3S/c1-4-13(10(18)19,14-5-2)8-7-9-21-12-16-15-11(20)17(12)6-3/h14H,4-9H2,1-3H3,(H,15,20)(H,18,19). The molecule has 0 aliphatic heterocycles. The molecule has 1 aromatic heterocycles. The van der Waals surface area contributed by atoms with Gasteiger partial charge in [0, 0.05) is 12.3 Å². The quantitative estimate of drug-likeness (QED) is 0.444. The molecule has 1 aromatic rings. The van der Waals surface area contributed by atoms with E-state index < -0.39 is 11.5 Å². The summed E-state index contributed by atoms with van der Waals surface area (Å²) in [5.41, 5.74) is -1.06. The van der Waals surface area contributed by atoms with Crippen LogP contribution in [-0.2, 0) is 11.3 Å². The molecule has 0 bridgehead atoms. The predicted molar refractivity (Wildman–Crippen MR) is 82.8 cm³/mol. The van der Waals surface area contributed by atoms with Gasteiger partial charge in [0.1, 0.15) is 5.54 Å². The molecular weight excluding hydrogens is 292 g/mol. The van der Waals surface area contributed by atoms with Gasteiger partial charge < -0.3 is 10.4 Å². The molecule has 0 saturated carbocycles. The number of H-pyrrole nitrogens is 1. The zero-order valence-electron chi connectivity index (χ0n) is 12.8. The fourth-order valence-corrected chi connectivity index (χ4v) is 3.24. The summed E-state index contributed by atoms with van der Waals surface area (Å²) < 4.78 is 1.57. The fourth-order valence-electron chi connectivity index (χ4n) is 2.29. The Morgan fingerprint density at radius 2 is 2.19 bits per heavy atom. The van der Waals surface area contributed by atoms with E-state index in [0.717, 1.165) is 12.2 Å². The van der Waals surface area contributed by atoms with Crippen molar-refractivity contribution < 1.29 is 9.90 Å². The van der Waals surface area contributed by atoms with E-state index in [0.29, 0.717) is 31.1 Å². The highest BCUT2D eigenvalue weighted by molar-refractivity contribution is 7.99. The normalized spacial score (nSPS) is 14.0. The van der Waals surface area contributed by atoms with Gasteiger partial charge in [-0.15, -0.1) is 5.10 Å². The molecule has 0 aliphatic carbocycles. The highest BCUT2D eigenvalue weighted by Gasteiger charge is 2.34. The average molecular weight is 316 g/mol. The van der Waals surface area contributed by atoms with Gasteiger partial charge in [0.15, 0.2) is 5.16 Å². The van der Waals surface area contributed by atoms with Crippen LogP contribution in [0.5, 0.6) is 0 Å². The summed E-state index contributed by atoms with van der Waals surface area (Å²) in [6.07, 6.45) is 1.84. The number of carboxylic acid groups (broad SMARTS) is 1.